The van der Waals surface area contributed by atoms with Crippen LogP contribution in [0.3, 0.4) is 0 Å². The summed E-state index contributed by atoms with van der Waals surface area (Å²) in [5.74, 6) is -1.36. The minimum atomic E-state index is -0.829. The number of aromatic nitrogens is 2. The minimum absolute atomic E-state index is 0.359. The number of hydrogen-bond donors (Lipinski definition) is 1. The van der Waals surface area contributed by atoms with Crippen LogP contribution in [0.5, 0.6) is 0 Å². The Morgan fingerprint density at radius 2 is 2.19 bits per heavy atom. The molecule has 0 spiro atoms. The van der Waals surface area contributed by atoms with E-state index in [1.54, 1.807) is 11.7 Å². The van der Waals surface area contributed by atoms with Crippen molar-refractivity contribution in [1.29, 1.82) is 0 Å². The molecule has 0 aliphatic rings. The highest BCUT2D eigenvalue weighted by molar-refractivity contribution is 9.10. The zero-order valence-corrected chi connectivity index (χ0v) is 14.1. The van der Waals surface area contributed by atoms with Gasteiger partial charge in [0.15, 0.2) is 0 Å². The van der Waals surface area contributed by atoms with Crippen LogP contribution in [0, 0.1) is 12.8 Å². The number of halogens is 2. The van der Waals surface area contributed by atoms with Crippen molar-refractivity contribution in [2.75, 3.05) is 0 Å². The predicted octanol–water partition coefficient (Wildman–Crippen LogP) is 3.63. The highest BCUT2D eigenvalue weighted by Crippen LogP contribution is 2.24. The molecule has 1 aromatic carbocycles. The lowest BCUT2D eigenvalue weighted by Crippen LogP contribution is -2.20. The predicted molar refractivity (Wildman–Crippen MR) is 85.6 cm³/mol. The Labute approximate surface area is 136 Å². The van der Waals surface area contributed by atoms with Crippen molar-refractivity contribution < 1.29 is 9.90 Å². The second kappa shape index (κ2) is 6.62. The fourth-order valence-corrected chi connectivity index (χ4v) is 3.01. The third-order valence-electron chi connectivity index (χ3n) is 3.42. The SMILES string of the molecule is Cc1nn(C)c(CC(Cc2cccc(Br)c2)C(=O)O)c1Cl. The van der Waals surface area contributed by atoms with Crippen molar-refractivity contribution in [3.05, 3.63) is 50.7 Å². The van der Waals surface area contributed by atoms with Crippen molar-refractivity contribution in [2.45, 2.75) is 19.8 Å². The monoisotopic (exact) mass is 370 g/mol. The van der Waals surface area contributed by atoms with Gasteiger partial charge in [0, 0.05) is 17.9 Å². The van der Waals surface area contributed by atoms with E-state index >= 15 is 0 Å². The second-order valence-electron chi connectivity index (χ2n) is 5.04. The molecule has 0 saturated heterocycles. The van der Waals surface area contributed by atoms with Gasteiger partial charge in [0.05, 0.1) is 22.3 Å². The second-order valence-corrected chi connectivity index (χ2v) is 6.34. The molecule has 0 saturated carbocycles. The molecular formula is C15H16BrClN2O2. The number of carboxylic acids is 1. The summed E-state index contributed by atoms with van der Waals surface area (Å²) in [5, 5.41) is 14.3. The van der Waals surface area contributed by atoms with E-state index in [9.17, 15) is 9.90 Å². The van der Waals surface area contributed by atoms with E-state index in [1.165, 1.54) is 0 Å². The molecule has 0 fully saturated rings. The Morgan fingerprint density at radius 3 is 2.71 bits per heavy atom. The third-order valence-corrected chi connectivity index (χ3v) is 4.41. The van der Waals surface area contributed by atoms with Crippen LogP contribution < -0.4 is 0 Å². The van der Waals surface area contributed by atoms with Crippen LogP contribution in [0.4, 0.5) is 0 Å². The van der Waals surface area contributed by atoms with Gasteiger partial charge in [-0.25, -0.2) is 0 Å². The van der Waals surface area contributed by atoms with Gasteiger partial charge in [-0.3, -0.25) is 9.48 Å². The first-order chi connectivity index (χ1) is 9.88. The number of carboxylic acid groups (broad SMARTS) is 1. The molecule has 4 nitrogen and oxygen atoms in total. The van der Waals surface area contributed by atoms with Crippen molar-refractivity contribution in [3.8, 4) is 0 Å². The van der Waals surface area contributed by atoms with Gasteiger partial charge < -0.3 is 5.11 Å². The van der Waals surface area contributed by atoms with E-state index < -0.39 is 11.9 Å². The highest BCUT2D eigenvalue weighted by Gasteiger charge is 2.23. The van der Waals surface area contributed by atoms with Crippen molar-refractivity contribution in [1.82, 2.24) is 9.78 Å². The Kier molecular flexibility index (Phi) is 5.06. The Morgan fingerprint density at radius 1 is 1.48 bits per heavy atom. The molecule has 1 aromatic heterocycles. The van der Waals surface area contributed by atoms with Crippen LogP contribution in [0.1, 0.15) is 17.0 Å². The molecule has 1 unspecified atom stereocenters. The zero-order chi connectivity index (χ0) is 15.6. The molecule has 1 N–H and O–H groups in total. The average Bonchev–Trinajstić information content (AvgIpc) is 2.64. The molecular weight excluding hydrogens is 356 g/mol. The standard InChI is InChI=1S/C15H16BrClN2O2/c1-9-14(17)13(19(2)18-9)8-11(15(20)21)6-10-4-3-5-12(16)7-10/h3-5,7,11H,6,8H2,1-2H3,(H,20,21). The average molecular weight is 372 g/mol. The third kappa shape index (κ3) is 3.86. The molecule has 2 rings (SSSR count). The van der Waals surface area contributed by atoms with Gasteiger partial charge in [-0.1, -0.05) is 39.7 Å². The van der Waals surface area contributed by atoms with Crippen molar-refractivity contribution in [3.63, 3.8) is 0 Å². The molecule has 1 heterocycles. The molecule has 0 aliphatic heterocycles. The molecule has 0 bridgehead atoms. The summed E-state index contributed by atoms with van der Waals surface area (Å²) in [6.45, 7) is 1.82. The van der Waals surface area contributed by atoms with Gasteiger partial charge in [0.2, 0.25) is 0 Å². The number of benzene rings is 1. The van der Waals surface area contributed by atoms with Crippen LogP contribution in [-0.2, 0) is 24.7 Å². The summed E-state index contributed by atoms with van der Waals surface area (Å²) in [6.07, 6.45) is 0.813. The molecule has 0 amide bonds. The van der Waals surface area contributed by atoms with Gasteiger partial charge in [-0.15, -0.1) is 0 Å². The van der Waals surface area contributed by atoms with E-state index in [-0.39, 0.29) is 0 Å². The van der Waals surface area contributed by atoms with Crippen LogP contribution in [0.25, 0.3) is 0 Å². The summed E-state index contributed by atoms with van der Waals surface area (Å²) in [5.41, 5.74) is 2.46. The number of hydrogen-bond acceptors (Lipinski definition) is 2. The van der Waals surface area contributed by atoms with E-state index in [0.717, 1.165) is 21.4 Å². The largest absolute Gasteiger partial charge is 0.481 e. The summed E-state index contributed by atoms with van der Waals surface area (Å²) in [7, 11) is 1.78. The molecule has 1 atom stereocenters. The maximum atomic E-state index is 11.5. The van der Waals surface area contributed by atoms with Crippen LogP contribution in [-0.4, -0.2) is 20.9 Å². The fraction of sp³-hybridized carbons (Fsp3) is 0.333. The number of carbonyl (C=O) groups is 1. The van der Waals surface area contributed by atoms with Crippen molar-refractivity contribution in [2.24, 2.45) is 13.0 Å². The number of aliphatic carboxylic acids is 1. The van der Waals surface area contributed by atoms with Crippen LogP contribution >= 0.6 is 27.5 Å². The van der Waals surface area contributed by atoms with E-state index in [4.69, 9.17) is 11.6 Å². The van der Waals surface area contributed by atoms with E-state index in [2.05, 4.69) is 21.0 Å². The number of nitrogens with zero attached hydrogens (tertiary/aromatic N) is 2. The van der Waals surface area contributed by atoms with Crippen molar-refractivity contribution >= 4 is 33.5 Å². The molecule has 0 aliphatic carbocycles. The molecule has 21 heavy (non-hydrogen) atoms. The van der Waals surface area contributed by atoms with Crippen LogP contribution in [0.2, 0.25) is 5.02 Å². The minimum Gasteiger partial charge on any atom is -0.481 e. The first-order valence-corrected chi connectivity index (χ1v) is 7.70. The fourth-order valence-electron chi connectivity index (χ4n) is 2.33. The van der Waals surface area contributed by atoms with E-state index in [1.807, 2.05) is 31.2 Å². The number of rotatable bonds is 5. The summed E-state index contributed by atoms with van der Waals surface area (Å²) in [6, 6.07) is 7.68. The Hall–Kier alpha value is -1.33. The molecule has 112 valence electrons. The summed E-state index contributed by atoms with van der Waals surface area (Å²) < 4.78 is 2.60. The molecule has 0 radical (unpaired) electrons. The zero-order valence-electron chi connectivity index (χ0n) is 11.8. The first kappa shape index (κ1) is 16.0. The lowest BCUT2D eigenvalue weighted by Gasteiger charge is -2.13. The lowest BCUT2D eigenvalue weighted by molar-refractivity contribution is -0.141. The highest BCUT2D eigenvalue weighted by atomic mass is 79.9. The quantitative estimate of drug-likeness (QED) is 0.873. The maximum absolute atomic E-state index is 11.5. The molecule has 6 heteroatoms. The summed E-state index contributed by atoms with van der Waals surface area (Å²) in [4.78, 5) is 11.5. The van der Waals surface area contributed by atoms with Gasteiger partial charge in [-0.2, -0.15) is 5.10 Å². The van der Waals surface area contributed by atoms with Gasteiger partial charge in [0.1, 0.15) is 0 Å². The van der Waals surface area contributed by atoms with Crippen LogP contribution in [0.15, 0.2) is 28.7 Å². The summed E-state index contributed by atoms with van der Waals surface area (Å²) >= 11 is 9.61. The van der Waals surface area contributed by atoms with Gasteiger partial charge >= 0.3 is 5.97 Å². The lowest BCUT2D eigenvalue weighted by atomic mass is 9.94. The number of aryl methyl sites for hydroxylation is 2. The molecule has 2 aromatic rings. The van der Waals surface area contributed by atoms with E-state index in [0.29, 0.717) is 17.9 Å². The Bertz CT molecular complexity index is 670. The normalized spacial score (nSPS) is 12.4. The Balaban J connectivity index is 2.22. The van der Waals surface area contributed by atoms with Gasteiger partial charge in [-0.05, 0) is 31.0 Å². The maximum Gasteiger partial charge on any atom is 0.307 e. The topological polar surface area (TPSA) is 55.1 Å². The first-order valence-electron chi connectivity index (χ1n) is 6.53. The van der Waals surface area contributed by atoms with Gasteiger partial charge in [0.25, 0.3) is 0 Å². The smallest absolute Gasteiger partial charge is 0.307 e.